The van der Waals surface area contributed by atoms with E-state index < -0.39 is 0 Å². The van der Waals surface area contributed by atoms with Crippen molar-refractivity contribution >= 4 is 5.82 Å². The van der Waals surface area contributed by atoms with Crippen LogP contribution in [0.15, 0.2) is 64.2 Å². The summed E-state index contributed by atoms with van der Waals surface area (Å²) in [4.78, 5) is 21.6. The molecule has 1 aromatic carbocycles. The van der Waals surface area contributed by atoms with Crippen LogP contribution in [0.4, 0.5) is 5.82 Å². The Bertz CT molecular complexity index is 1390. The van der Waals surface area contributed by atoms with Crippen LogP contribution in [0, 0.1) is 5.92 Å². The molecule has 4 N–H and O–H groups in total. The highest BCUT2D eigenvalue weighted by Crippen LogP contribution is 2.34. The molecule has 8 heteroatoms. The van der Waals surface area contributed by atoms with Gasteiger partial charge in [0.25, 0.3) is 5.56 Å². The molecule has 0 saturated heterocycles. The summed E-state index contributed by atoms with van der Waals surface area (Å²) >= 11 is 0. The second-order valence-corrected chi connectivity index (χ2v) is 9.21. The quantitative estimate of drug-likeness (QED) is 0.450. The number of benzene rings is 1. The van der Waals surface area contributed by atoms with Crippen LogP contribution in [0.1, 0.15) is 50.8 Å². The maximum absolute atomic E-state index is 12.5. The van der Waals surface area contributed by atoms with Crippen molar-refractivity contribution in [3.05, 3.63) is 70.8 Å². The van der Waals surface area contributed by atoms with E-state index in [-0.39, 0.29) is 23.5 Å². The highest BCUT2D eigenvalue weighted by Gasteiger charge is 2.24. The lowest BCUT2D eigenvalue weighted by molar-refractivity contribution is 0.434. The minimum absolute atomic E-state index is 0.000354. The third kappa shape index (κ3) is 4.24. The van der Waals surface area contributed by atoms with E-state index in [0.717, 1.165) is 36.0 Å². The van der Waals surface area contributed by atoms with E-state index >= 15 is 0 Å². The average Bonchev–Trinajstić information content (AvgIpc) is 3.49. The zero-order chi connectivity index (χ0) is 23.8. The molecule has 8 nitrogen and oxygen atoms in total. The fourth-order valence-corrected chi connectivity index (χ4v) is 4.59. The van der Waals surface area contributed by atoms with E-state index in [1.807, 2.05) is 42.0 Å². The molecule has 4 aromatic rings. The van der Waals surface area contributed by atoms with Gasteiger partial charge in [0, 0.05) is 41.5 Å². The van der Waals surface area contributed by atoms with Gasteiger partial charge in [-0.05, 0) is 49.8 Å². The molecule has 0 radical (unpaired) electrons. The number of nitrogens with zero attached hydrogens (tertiary/aromatic N) is 4. The van der Waals surface area contributed by atoms with Gasteiger partial charge in [0.1, 0.15) is 5.69 Å². The van der Waals surface area contributed by atoms with Crippen LogP contribution < -0.4 is 17.0 Å². The average molecular weight is 457 g/mol. The fourth-order valence-electron chi connectivity index (χ4n) is 4.59. The molecule has 3 heterocycles. The molecule has 1 aliphatic rings. The molecule has 0 bridgehead atoms. The van der Waals surface area contributed by atoms with Crippen molar-refractivity contribution in [2.45, 2.75) is 45.2 Å². The molecule has 174 valence electrons. The van der Waals surface area contributed by atoms with E-state index in [9.17, 15) is 4.79 Å². The monoisotopic (exact) mass is 456 g/mol. The first-order valence-electron chi connectivity index (χ1n) is 11.6. The zero-order valence-corrected chi connectivity index (χ0v) is 19.3. The Kier molecular flexibility index (Phi) is 5.75. The smallest absolute Gasteiger partial charge is 0.250 e. The molecule has 3 atom stereocenters. The molecule has 0 aliphatic heterocycles. The summed E-state index contributed by atoms with van der Waals surface area (Å²) in [5, 5.41) is 4.21. The van der Waals surface area contributed by atoms with Gasteiger partial charge in [-0.2, -0.15) is 0 Å². The largest absolute Gasteiger partial charge is 0.382 e. The summed E-state index contributed by atoms with van der Waals surface area (Å²) in [5.74, 6) is 1.29. The fraction of sp³-hybridized carbons (Fsp3) is 0.308. The van der Waals surface area contributed by atoms with Crippen molar-refractivity contribution in [1.29, 1.82) is 0 Å². The molecule has 0 spiro atoms. The van der Waals surface area contributed by atoms with E-state index in [1.54, 1.807) is 24.4 Å². The zero-order valence-electron chi connectivity index (χ0n) is 19.3. The van der Waals surface area contributed by atoms with Crippen LogP contribution in [0.2, 0.25) is 0 Å². The van der Waals surface area contributed by atoms with Gasteiger partial charge in [-0.3, -0.25) is 4.79 Å². The Morgan fingerprint density at radius 3 is 2.74 bits per heavy atom. The number of anilines is 1. The highest BCUT2D eigenvalue weighted by molar-refractivity contribution is 5.73. The first-order valence-corrected chi connectivity index (χ1v) is 11.6. The Hall–Kier alpha value is -3.78. The minimum atomic E-state index is -0.0831. The summed E-state index contributed by atoms with van der Waals surface area (Å²) in [5.41, 5.74) is 16.6. The van der Waals surface area contributed by atoms with Crippen molar-refractivity contribution in [2.24, 2.45) is 11.7 Å². The van der Waals surface area contributed by atoms with Crippen LogP contribution in [0.25, 0.3) is 34.0 Å². The third-order valence-electron chi connectivity index (χ3n) is 6.55. The van der Waals surface area contributed by atoms with Crippen LogP contribution in [-0.4, -0.2) is 19.7 Å². The predicted molar refractivity (Wildman–Crippen MR) is 132 cm³/mol. The van der Waals surface area contributed by atoms with Gasteiger partial charge >= 0.3 is 0 Å². The topological polar surface area (TPSA) is 126 Å². The molecule has 5 rings (SSSR count). The van der Waals surface area contributed by atoms with Crippen molar-refractivity contribution in [1.82, 2.24) is 19.7 Å². The minimum Gasteiger partial charge on any atom is -0.382 e. The lowest BCUT2D eigenvalue weighted by Gasteiger charge is -2.15. The summed E-state index contributed by atoms with van der Waals surface area (Å²) < 4.78 is 7.42. The summed E-state index contributed by atoms with van der Waals surface area (Å²) in [6.07, 6.45) is 6.64. The molecule has 0 amide bonds. The van der Waals surface area contributed by atoms with Crippen molar-refractivity contribution < 1.29 is 4.52 Å². The van der Waals surface area contributed by atoms with Crippen molar-refractivity contribution in [3.8, 4) is 34.0 Å². The molecule has 1 fully saturated rings. The van der Waals surface area contributed by atoms with E-state index in [0.29, 0.717) is 28.8 Å². The number of pyridine rings is 1. The maximum Gasteiger partial charge on any atom is 0.250 e. The van der Waals surface area contributed by atoms with Gasteiger partial charge in [-0.15, -0.1) is 0 Å². The summed E-state index contributed by atoms with van der Waals surface area (Å²) in [7, 11) is 0. The predicted octanol–water partition coefficient (Wildman–Crippen LogP) is 4.59. The van der Waals surface area contributed by atoms with E-state index in [4.69, 9.17) is 21.0 Å². The first-order chi connectivity index (χ1) is 16.4. The standard InChI is InChI=1S/C26H28N6O2/c1-15-6-8-20(10-15)32-14-19(7-9-24(32)33)22-13-29-26(28)25(30-22)23-12-21(31-34-23)18-5-3-4-17(11-18)16(2)27/h3-5,7,9,11-16,20H,6,8,10,27H2,1-2H3,(H2,28,29). The van der Waals surface area contributed by atoms with Crippen molar-refractivity contribution in [3.63, 3.8) is 0 Å². The van der Waals surface area contributed by atoms with Gasteiger partial charge in [0.05, 0.1) is 11.9 Å². The second-order valence-electron chi connectivity index (χ2n) is 9.21. The lowest BCUT2D eigenvalue weighted by atomic mass is 10.0. The van der Waals surface area contributed by atoms with Crippen LogP contribution >= 0.6 is 0 Å². The van der Waals surface area contributed by atoms with Gasteiger partial charge in [-0.1, -0.05) is 30.3 Å². The first kappa shape index (κ1) is 22.0. The van der Waals surface area contributed by atoms with Gasteiger partial charge in [0.2, 0.25) is 0 Å². The second kappa shape index (κ2) is 8.87. The third-order valence-corrected chi connectivity index (χ3v) is 6.55. The van der Waals surface area contributed by atoms with Crippen LogP contribution in [0.5, 0.6) is 0 Å². The van der Waals surface area contributed by atoms with Crippen LogP contribution in [0.3, 0.4) is 0 Å². The molecule has 3 unspecified atom stereocenters. The molecule has 3 aromatic heterocycles. The number of nitrogen functional groups attached to an aromatic ring is 1. The lowest BCUT2D eigenvalue weighted by Crippen LogP contribution is -2.22. The number of hydrogen-bond donors (Lipinski definition) is 2. The SMILES string of the molecule is CC1CCC(n2cc(-c3cnc(N)c(-c4cc(-c5cccc(C(C)N)c5)no4)n3)ccc2=O)C1. The molecule has 1 saturated carbocycles. The van der Waals surface area contributed by atoms with Gasteiger partial charge in [0.15, 0.2) is 17.3 Å². The Labute approximate surface area is 197 Å². The Morgan fingerprint density at radius 1 is 1.12 bits per heavy atom. The number of aromatic nitrogens is 4. The van der Waals surface area contributed by atoms with Crippen LogP contribution in [-0.2, 0) is 0 Å². The van der Waals surface area contributed by atoms with Gasteiger partial charge < -0.3 is 20.6 Å². The molecular formula is C26H28N6O2. The number of hydrogen-bond acceptors (Lipinski definition) is 7. The summed E-state index contributed by atoms with van der Waals surface area (Å²) in [6.45, 7) is 4.16. The number of rotatable bonds is 5. The normalized spacial score (nSPS) is 18.8. The summed E-state index contributed by atoms with van der Waals surface area (Å²) in [6, 6.07) is 13.2. The van der Waals surface area contributed by atoms with Crippen molar-refractivity contribution in [2.75, 3.05) is 5.73 Å². The van der Waals surface area contributed by atoms with E-state index in [2.05, 4.69) is 17.1 Å². The molecule has 34 heavy (non-hydrogen) atoms. The maximum atomic E-state index is 12.5. The molecule has 1 aliphatic carbocycles. The molecular weight excluding hydrogens is 428 g/mol. The van der Waals surface area contributed by atoms with Gasteiger partial charge in [-0.25, -0.2) is 9.97 Å². The Balaban J connectivity index is 1.49. The number of nitrogens with two attached hydrogens (primary N) is 2. The van der Waals surface area contributed by atoms with E-state index in [1.165, 1.54) is 0 Å². The Morgan fingerprint density at radius 2 is 1.97 bits per heavy atom. The highest BCUT2D eigenvalue weighted by atomic mass is 16.5.